The van der Waals surface area contributed by atoms with E-state index in [2.05, 4.69) is 20.4 Å². The number of ether oxygens (including phenoxy) is 1. The van der Waals surface area contributed by atoms with E-state index in [1.54, 1.807) is 29.1 Å². The van der Waals surface area contributed by atoms with Gasteiger partial charge in [-0.1, -0.05) is 0 Å². The van der Waals surface area contributed by atoms with Gasteiger partial charge in [0.15, 0.2) is 5.96 Å². The van der Waals surface area contributed by atoms with Crippen LogP contribution in [0.3, 0.4) is 0 Å². The first-order valence-electron chi connectivity index (χ1n) is 8.92. The zero-order chi connectivity index (χ0) is 19.2. The number of aliphatic imine (C=N–C) groups is 1. The van der Waals surface area contributed by atoms with Gasteiger partial charge in [0.25, 0.3) is 0 Å². The van der Waals surface area contributed by atoms with Crippen LogP contribution in [0.15, 0.2) is 35.7 Å². The van der Waals surface area contributed by atoms with E-state index in [9.17, 15) is 4.79 Å². The van der Waals surface area contributed by atoms with Gasteiger partial charge >= 0.3 is 0 Å². The molecule has 1 saturated heterocycles. The van der Waals surface area contributed by atoms with Crippen LogP contribution < -0.4 is 15.0 Å². The Labute approximate surface area is 158 Å². The lowest BCUT2D eigenvalue weighted by Gasteiger charge is -2.35. The molecule has 1 N–H and O–H groups in total. The van der Waals surface area contributed by atoms with Crippen LogP contribution in [-0.4, -0.2) is 64.8 Å². The monoisotopic (exact) mass is 371 g/mol. The molecule has 1 fully saturated rings. The summed E-state index contributed by atoms with van der Waals surface area (Å²) < 4.78 is 6.85. The molecule has 0 saturated carbocycles. The maximum Gasteiger partial charge on any atom is 0.246 e. The number of hydrogen-bond acceptors (Lipinski definition) is 5. The van der Waals surface area contributed by atoms with Gasteiger partial charge < -0.3 is 19.9 Å². The number of piperazine rings is 1. The topological polar surface area (TPSA) is 87.9 Å². The largest absolute Gasteiger partial charge is 0.481 e. The Bertz CT molecular complexity index is 818. The maximum absolute atomic E-state index is 12.6. The Morgan fingerprint density at radius 1 is 1.41 bits per heavy atom. The first-order valence-corrected chi connectivity index (χ1v) is 8.92. The Balaban J connectivity index is 1.69. The molecule has 0 radical (unpaired) electrons. The van der Waals surface area contributed by atoms with E-state index in [0.717, 1.165) is 23.8 Å². The van der Waals surface area contributed by atoms with E-state index >= 15 is 0 Å². The third kappa shape index (κ3) is 4.55. The third-order valence-electron chi connectivity index (χ3n) is 4.28. The standard InChI is InChI=1S/C18H25N7O2/c1-4-19-18(21-10-14-5-6-20-16(9-14)27-3)24-7-8-25(17(26)13-24)15-11-22-23(2)12-15/h5-6,9,11-12H,4,7-8,10,13H2,1-3H3,(H,19,21). The van der Waals surface area contributed by atoms with E-state index in [-0.39, 0.29) is 12.5 Å². The normalized spacial score (nSPS) is 15.2. The first-order chi connectivity index (χ1) is 13.1. The van der Waals surface area contributed by atoms with E-state index in [0.29, 0.717) is 25.5 Å². The molecule has 0 aromatic carbocycles. The van der Waals surface area contributed by atoms with Crippen LogP contribution in [0, 0.1) is 0 Å². The summed E-state index contributed by atoms with van der Waals surface area (Å²) in [5, 5.41) is 7.42. The lowest BCUT2D eigenvalue weighted by Crippen LogP contribution is -2.55. The molecule has 2 aromatic rings. The number of carbonyl (C=O) groups is 1. The molecule has 3 heterocycles. The number of aromatic nitrogens is 3. The van der Waals surface area contributed by atoms with Crippen LogP contribution in [0.1, 0.15) is 12.5 Å². The highest BCUT2D eigenvalue weighted by Crippen LogP contribution is 2.16. The molecular formula is C18H25N7O2. The molecule has 1 amide bonds. The second-order valence-electron chi connectivity index (χ2n) is 6.22. The van der Waals surface area contributed by atoms with Crippen molar-refractivity contribution in [3.63, 3.8) is 0 Å². The number of methoxy groups -OCH3 is 1. The molecule has 2 aromatic heterocycles. The van der Waals surface area contributed by atoms with E-state index in [4.69, 9.17) is 4.74 Å². The van der Waals surface area contributed by atoms with Crippen LogP contribution in [-0.2, 0) is 18.4 Å². The second-order valence-corrected chi connectivity index (χ2v) is 6.22. The Morgan fingerprint density at radius 2 is 2.26 bits per heavy atom. The summed E-state index contributed by atoms with van der Waals surface area (Å²) in [7, 11) is 3.43. The SMILES string of the molecule is CCNC(=NCc1ccnc(OC)c1)N1CCN(c2cnn(C)c2)C(=O)C1. The lowest BCUT2D eigenvalue weighted by atomic mass is 10.2. The smallest absolute Gasteiger partial charge is 0.246 e. The number of rotatable bonds is 5. The summed E-state index contributed by atoms with van der Waals surface area (Å²) in [6.45, 7) is 4.80. The van der Waals surface area contributed by atoms with Crippen molar-refractivity contribution in [2.75, 3.05) is 38.2 Å². The average molecular weight is 371 g/mol. The summed E-state index contributed by atoms with van der Waals surface area (Å²) in [6, 6.07) is 3.76. The van der Waals surface area contributed by atoms with E-state index < -0.39 is 0 Å². The van der Waals surface area contributed by atoms with E-state index in [1.165, 1.54) is 0 Å². The summed E-state index contributed by atoms with van der Waals surface area (Å²) >= 11 is 0. The second kappa shape index (κ2) is 8.52. The van der Waals surface area contributed by atoms with Gasteiger partial charge in [0, 0.05) is 45.1 Å². The van der Waals surface area contributed by atoms with Crippen molar-refractivity contribution in [2.45, 2.75) is 13.5 Å². The molecule has 0 aliphatic carbocycles. The number of pyridine rings is 1. The highest BCUT2D eigenvalue weighted by atomic mass is 16.5. The number of amides is 1. The van der Waals surface area contributed by atoms with Crippen molar-refractivity contribution in [1.82, 2.24) is 25.0 Å². The minimum Gasteiger partial charge on any atom is -0.481 e. The number of aryl methyl sites for hydroxylation is 1. The predicted octanol–water partition coefficient (Wildman–Crippen LogP) is 0.638. The maximum atomic E-state index is 12.6. The van der Waals surface area contributed by atoms with Crippen LogP contribution in [0.4, 0.5) is 5.69 Å². The minimum atomic E-state index is 0.0328. The van der Waals surface area contributed by atoms with E-state index in [1.807, 2.05) is 37.2 Å². The van der Waals surface area contributed by atoms with Gasteiger partial charge in [-0.25, -0.2) is 9.98 Å². The van der Waals surface area contributed by atoms with Gasteiger partial charge in [0.05, 0.1) is 25.5 Å². The van der Waals surface area contributed by atoms with Crippen molar-refractivity contribution >= 4 is 17.6 Å². The van der Waals surface area contributed by atoms with Gasteiger partial charge in [-0.15, -0.1) is 0 Å². The van der Waals surface area contributed by atoms with Crippen LogP contribution in [0.25, 0.3) is 0 Å². The zero-order valence-corrected chi connectivity index (χ0v) is 15.9. The molecule has 27 heavy (non-hydrogen) atoms. The number of guanidine groups is 1. The van der Waals surface area contributed by atoms with Gasteiger partial charge in [0.2, 0.25) is 11.8 Å². The van der Waals surface area contributed by atoms with Crippen molar-refractivity contribution in [3.8, 4) is 5.88 Å². The molecule has 144 valence electrons. The highest BCUT2D eigenvalue weighted by Gasteiger charge is 2.27. The highest BCUT2D eigenvalue weighted by molar-refractivity contribution is 5.98. The molecular weight excluding hydrogens is 346 g/mol. The zero-order valence-electron chi connectivity index (χ0n) is 15.9. The summed E-state index contributed by atoms with van der Waals surface area (Å²) in [5.41, 5.74) is 1.82. The first kappa shape index (κ1) is 18.7. The molecule has 9 nitrogen and oxygen atoms in total. The number of nitrogens with one attached hydrogen (secondary N) is 1. The van der Waals surface area contributed by atoms with Crippen molar-refractivity contribution in [2.24, 2.45) is 12.0 Å². The summed E-state index contributed by atoms with van der Waals surface area (Å²) in [5.74, 6) is 1.32. The number of carbonyl (C=O) groups excluding carboxylic acids is 1. The van der Waals surface area contributed by atoms with Gasteiger partial charge in [0.1, 0.15) is 6.54 Å². The summed E-state index contributed by atoms with van der Waals surface area (Å²) in [6.07, 6.45) is 5.26. The molecule has 0 spiro atoms. The van der Waals surface area contributed by atoms with Crippen LogP contribution >= 0.6 is 0 Å². The number of hydrogen-bond donors (Lipinski definition) is 1. The molecule has 1 aliphatic rings. The van der Waals surface area contributed by atoms with Gasteiger partial charge in [-0.3, -0.25) is 9.48 Å². The Hall–Kier alpha value is -3.10. The Morgan fingerprint density at radius 3 is 2.93 bits per heavy atom. The number of nitrogens with zero attached hydrogens (tertiary/aromatic N) is 6. The molecule has 9 heteroatoms. The quantitative estimate of drug-likeness (QED) is 0.613. The summed E-state index contributed by atoms with van der Waals surface area (Å²) in [4.78, 5) is 25.2. The lowest BCUT2D eigenvalue weighted by molar-refractivity contribution is -0.120. The Kier molecular flexibility index (Phi) is 5.90. The fourth-order valence-corrected chi connectivity index (χ4v) is 2.93. The fraction of sp³-hybridized carbons (Fsp3) is 0.444. The molecule has 0 atom stereocenters. The minimum absolute atomic E-state index is 0.0328. The molecule has 1 aliphatic heterocycles. The van der Waals surface area contributed by atoms with Gasteiger partial charge in [-0.05, 0) is 18.6 Å². The van der Waals surface area contributed by atoms with Crippen molar-refractivity contribution in [1.29, 1.82) is 0 Å². The van der Waals surface area contributed by atoms with Crippen LogP contribution in [0.2, 0.25) is 0 Å². The van der Waals surface area contributed by atoms with Crippen molar-refractivity contribution < 1.29 is 9.53 Å². The average Bonchev–Trinajstić information content (AvgIpc) is 3.11. The van der Waals surface area contributed by atoms with Crippen LogP contribution in [0.5, 0.6) is 5.88 Å². The fourth-order valence-electron chi connectivity index (χ4n) is 2.93. The predicted molar refractivity (Wildman–Crippen MR) is 103 cm³/mol. The number of anilines is 1. The third-order valence-corrected chi connectivity index (χ3v) is 4.28. The van der Waals surface area contributed by atoms with Crippen molar-refractivity contribution in [3.05, 3.63) is 36.3 Å². The molecule has 3 rings (SSSR count). The molecule has 0 bridgehead atoms. The van der Waals surface area contributed by atoms with Gasteiger partial charge in [-0.2, -0.15) is 5.10 Å². The molecule has 0 unspecified atom stereocenters.